The molecule has 2 amide bonds. The van der Waals surface area contributed by atoms with E-state index in [2.05, 4.69) is 5.32 Å². The number of hydrogen-bond acceptors (Lipinski definition) is 6. The average Bonchev–Trinajstić information content (AvgIpc) is 3.20. The van der Waals surface area contributed by atoms with Gasteiger partial charge >= 0.3 is 5.97 Å². The molecule has 7 heteroatoms. The number of ketones is 1. The van der Waals surface area contributed by atoms with Crippen LogP contribution in [-0.2, 0) is 14.3 Å². The Bertz CT molecular complexity index is 937. The number of nitrogens with zero attached hydrogens (tertiary/aromatic N) is 1. The number of ether oxygens (including phenoxy) is 1. The summed E-state index contributed by atoms with van der Waals surface area (Å²) in [4.78, 5) is 50.8. The summed E-state index contributed by atoms with van der Waals surface area (Å²) in [6, 6.07) is 14.7. The molecule has 0 spiro atoms. The van der Waals surface area contributed by atoms with Crippen molar-refractivity contribution in [2.24, 2.45) is 0 Å². The first-order chi connectivity index (χ1) is 13.5. The van der Waals surface area contributed by atoms with E-state index in [1.165, 1.54) is 12.1 Å². The van der Waals surface area contributed by atoms with Crippen molar-refractivity contribution in [3.63, 3.8) is 0 Å². The Morgan fingerprint density at radius 2 is 1.57 bits per heavy atom. The third kappa shape index (κ3) is 2.99. The molecule has 1 N–H and O–H groups in total. The zero-order valence-corrected chi connectivity index (χ0v) is 15.1. The smallest absolute Gasteiger partial charge is 0.333 e. The van der Waals surface area contributed by atoms with Crippen molar-refractivity contribution < 1.29 is 23.9 Å². The Hall–Kier alpha value is -3.32. The molecule has 0 radical (unpaired) electrons. The summed E-state index contributed by atoms with van der Waals surface area (Å²) < 4.78 is 5.15. The quantitative estimate of drug-likeness (QED) is 0.485. The maximum Gasteiger partial charge on any atom is 0.333 e. The highest BCUT2D eigenvalue weighted by molar-refractivity contribution is 6.21. The Morgan fingerprint density at radius 1 is 1.00 bits per heavy atom. The van der Waals surface area contributed by atoms with Crippen LogP contribution in [0.4, 0.5) is 0 Å². The number of rotatable bonds is 5. The molecule has 2 aromatic carbocycles. The lowest BCUT2D eigenvalue weighted by Gasteiger charge is -2.20. The third-order valence-corrected chi connectivity index (χ3v) is 5.03. The minimum Gasteiger partial charge on any atom is -0.426 e. The molecule has 28 heavy (non-hydrogen) atoms. The van der Waals surface area contributed by atoms with Crippen molar-refractivity contribution in [3.05, 3.63) is 71.3 Å². The molecule has 3 unspecified atom stereocenters. The highest BCUT2D eigenvalue weighted by Gasteiger charge is 2.48. The molecule has 0 saturated carbocycles. The first-order valence-electron chi connectivity index (χ1n) is 8.98. The van der Waals surface area contributed by atoms with Crippen LogP contribution in [-0.4, -0.2) is 40.9 Å². The van der Waals surface area contributed by atoms with Crippen LogP contribution in [0.1, 0.15) is 45.5 Å². The third-order valence-electron chi connectivity index (χ3n) is 5.03. The number of hydrogen-bond donors (Lipinski definition) is 1. The summed E-state index contributed by atoms with van der Waals surface area (Å²) in [5, 5.41) is 2.70. The van der Waals surface area contributed by atoms with Gasteiger partial charge in [0.2, 0.25) is 6.35 Å². The van der Waals surface area contributed by atoms with Gasteiger partial charge in [-0.3, -0.25) is 14.4 Å². The molecular weight excluding hydrogens is 360 g/mol. The minimum atomic E-state index is -1.29. The Morgan fingerprint density at radius 3 is 2.18 bits per heavy atom. The molecule has 2 aliphatic rings. The summed E-state index contributed by atoms with van der Waals surface area (Å²) in [5.74, 6) is -2.33. The van der Waals surface area contributed by atoms with Gasteiger partial charge in [-0.05, 0) is 23.6 Å². The van der Waals surface area contributed by atoms with E-state index in [1.807, 2.05) is 37.3 Å². The van der Waals surface area contributed by atoms with Gasteiger partial charge in [0.25, 0.3) is 11.8 Å². The van der Waals surface area contributed by atoms with E-state index in [9.17, 15) is 19.2 Å². The van der Waals surface area contributed by atoms with Crippen LogP contribution in [0.15, 0.2) is 54.6 Å². The SMILES string of the molecule is CC(CC(=O)C1NC(N2C(=O)c3ccccc3C2=O)OC1=O)c1ccccc1. The summed E-state index contributed by atoms with van der Waals surface area (Å²) in [7, 11) is 0. The number of fused-ring (bicyclic) bond motifs is 1. The molecule has 0 aliphatic carbocycles. The number of carbonyl (C=O) groups excluding carboxylic acids is 4. The summed E-state index contributed by atoms with van der Waals surface area (Å²) >= 11 is 0. The molecule has 7 nitrogen and oxygen atoms in total. The number of imide groups is 1. The maximum absolute atomic E-state index is 12.6. The molecule has 2 aromatic rings. The van der Waals surface area contributed by atoms with Crippen molar-refractivity contribution in [2.75, 3.05) is 0 Å². The number of Topliss-reactive ketones (excluding diaryl/α,β-unsaturated/α-hetero) is 1. The van der Waals surface area contributed by atoms with Crippen LogP contribution in [0.5, 0.6) is 0 Å². The molecule has 4 rings (SSSR count). The van der Waals surface area contributed by atoms with Gasteiger partial charge in [0.05, 0.1) is 11.1 Å². The normalized spacial score (nSPS) is 22.2. The second kappa shape index (κ2) is 7.01. The molecular formula is C21H18N2O5. The molecule has 142 valence electrons. The standard InChI is InChI=1S/C21H18N2O5/c1-12(13-7-3-2-4-8-13)11-16(24)17-20(27)28-21(22-17)23-18(25)14-9-5-6-10-15(14)19(23)26/h2-10,12,17,21-22H,11H2,1H3. The Labute approximate surface area is 161 Å². The van der Waals surface area contributed by atoms with E-state index in [0.717, 1.165) is 10.5 Å². The minimum absolute atomic E-state index is 0.0818. The Kier molecular flexibility index (Phi) is 4.52. The topological polar surface area (TPSA) is 92.8 Å². The van der Waals surface area contributed by atoms with Gasteiger partial charge in [0, 0.05) is 6.42 Å². The van der Waals surface area contributed by atoms with Crippen molar-refractivity contribution in [1.29, 1.82) is 0 Å². The molecule has 1 saturated heterocycles. The van der Waals surface area contributed by atoms with Gasteiger partial charge in [-0.15, -0.1) is 0 Å². The van der Waals surface area contributed by atoms with Crippen LogP contribution >= 0.6 is 0 Å². The zero-order valence-electron chi connectivity index (χ0n) is 15.1. The van der Waals surface area contributed by atoms with Crippen LogP contribution < -0.4 is 5.32 Å². The van der Waals surface area contributed by atoms with Gasteiger partial charge in [0.15, 0.2) is 11.8 Å². The summed E-state index contributed by atoms with van der Waals surface area (Å²) in [6.07, 6.45) is -1.16. The maximum atomic E-state index is 12.6. The van der Waals surface area contributed by atoms with Gasteiger partial charge in [0.1, 0.15) is 0 Å². The van der Waals surface area contributed by atoms with Gasteiger partial charge in [-0.25, -0.2) is 15.0 Å². The van der Waals surface area contributed by atoms with Gasteiger partial charge < -0.3 is 4.74 Å². The highest BCUT2D eigenvalue weighted by atomic mass is 16.6. The molecule has 3 atom stereocenters. The summed E-state index contributed by atoms with van der Waals surface area (Å²) in [5.41, 5.74) is 1.48. The predicted octanol–water partition coefficient (Wildman–Crippen LogP) is 1.84. The number of benzene rings is 2. The van der Waals surface area contributed by atoms with E-state index in [1.54, 1.807) is 12.1 Å². The fourth-order valence-electron chi connectivity index (χ4n) is 3.51. The summed E-state index contributed by atoms with van der Waals surface area (Å²) in [6.45, 7) is 1.90. The largest absolute Gasteiger partial charge is 0.426 e. The number of carbonyl (C=O) groups is 4. The number of amides is 2. The molecule has 2 heterocycles. The lowest BCUT2D eigenvalue weighted by molar-refractivity contribution is -0.147. The fraction of sp³-hybridized carbons (Fsp3) is 0.238. The molecule has 0 aromatic heterocycles. The van der Waals surface area contributed by atoms with E-state index in [4.69, 9.17) is 4.74 Å². The zero-order chi connectivity index (χ0) is 19.8. The predicted molar refractivity (Wildman–Crippen MR) is 98.2 cm³/mol. The molecule has 1 fully saturated rings. The van der Waals surface area contributed by atoms with E-state index < -0.39 is 30.2 Å². The number of esters is 1. The average molecular weight is 378 g/mol. The van der Waals surface area contributed by atoms with Gasteiger partial charge in [-0.1, -0.05) is 49.4 Å². The first-order valence-corrected chi connectivity index (χ1v) is 8.98. The van der Waals surface area contributed by atoms with Gasteiger partial charge in [-0.2, -0.15) is 0 Å². The van der Waals surface area contributed by atoms with E-state index in [0.29, 0.717) is 0 Å². The second-order valence-corrected chi connectivity index (χ2v) is 6.90. The lowest BCUT2D eigenvalue weighted by Crippen LogP contribution is -2.49. The van der Waals surface area contributed by atoms with Crippen molar-refractivity contribution in [1.82, 2.24) is 10.2 Å². The Balaban J connectivity index is 1.47. The molecule has 2 aliphatic heterocycles. The number of cyclic esters (lactones) is 1. The van der Waals surface area contributed by atoms with Crippen LogP contribution in [0.2, 0.25) is 0 Å². The van der Waals surface area contributed by atoms with Crippen molar-refractivity contribution in [3.8, 4) is 0 Å². The lowest BCUT2D eigenvalue weighted by atomic mass is 9.93. The molecule has 0 bridgehead atoms. The highest BCUT2D eigenvalue weighted by Crippen LogP contribution is 2.27. The van der Waals surface area contributed by atoms with E-state index >= 15 is 0 Å². The fourth-order valence-corrected chi connectivity index (χ4v) is 3.51. The monoisotopic (exact) mass is 378 g/mol. The first kappa shape index (κ1) is 18.1. The van der Waals surface area contributed by atoms with Crippen molar-refractivity contribution in [2.45, 2.75) is 31.7 Å². The van der Waals surface area contributed by atoms with Crippen LogP contribution in [0.3, 0.4) is 0 Å². The van der Waals surface area contributed by atoms with Crippen molar-refractivity contribution >= 4 is 23.6 Å². The second-order valence-electron chi connectivity index (χ2n) is 6.90. The van der Waals surface area contributed by atoms with Crippen LogP contribution in [0, 0.1) is 0 Å². The number of nitrogens with one attached hydrogen (secondary N) is 1. The van der Waals surface area contributed by atoms with Crippen LogP contribution in [0.25, 0.3) is 0 Å². The van der Waals surface area contributed by atoms with E-state index in [-0.39, 0.29) is 29.2 Å².